The summed E-state index contributed by atoms with van der Waals surface area (Å²) in [6, 6.07) is 0. The largest absolute Gasteiger partial charge is 0.464 e. The number of hydrogen-bond acceptors (Lipinski definition) is 5. The van der Waals surface area contributed by atoms with Crippen molar-refractivity contribution in [2.45, 2.75) is 25.9 Å². The average Bonchev–Trinajstić information content (AvgIpc) is 2.63. The molecule has 0 spiro atoms. The van der Waals surface area contributed by atoms with Gasteiger partial charge in [-0.2, -0.15) is 0 Å². The van der Waals surface area contributed by atoms with E-state index in [2.05, 4.69) is 25.6 Å². The summed E-state index contributed by atoms with van der Waals surface area (Å²) < 4.78 is 9.73. The molecule has 1 aromatic heterocycles. The minimum absolute atomic E-state index is 0.275. The molecule has 0 aromatic carbocycles. The Kier molecular flexibility index (Phi) is 4.77. The molecule has 0 aliphatic carbocycles. The maximum Gasteiger partial charge on any atom is 0.339 e. The highest BCUT2D eigenvalue weighted by Gasteiger charge is 2.23. The summed E-state index contributed by atoms with van der Waals surface area (Å²) >= 11 is 3.04. The Morgan fingerprint density at radius 2 is 2.53 bits per heavy atom. The summed E-state index contributed by atoms with van der Waals surface area (Å²) in [5, 5.41) is 13.0. The van der Waals surface area contributed by atoms with Crippen molar-refractivity contribution >= 4 is 21.9 Å². The van der Waals surface area contributed by atoms with Gasteiger partial charge in [-0.3, -0.25) is 0 Å². The Morgan fingerprint density at radius 1 is 1.80 bits per heavy atom. The number of hydrogen-bond donors (Lipinski definition) is 1. The summed E-state index contributed by atoms with van der Waals surface area (Å²) in [5.41, 5.74) is 0.275. The molecule has 5 nitrogen and oxygen atoms in total. The Hall–Kier alpha value is -0.880. The van der Waals surface area contributed by atoms with E-state index in [0.717, 1.165) is 12.8 Å². The molecule has 0 amide bonds. The van der Waals surface area contributed by atoms with E-state index in [9.17, 15) is 9.90 Å². The average molecular weight is 278 g/mol. The summed E-state index contributed by atoms with van der Waals surface area (Å²) in [6.45, 7) is 2.30. The first kappa shape index (κ1) is 12.2. The van der Waals surface area contributed by atoms with Crippen LogP contribution in [0.5, 0.6) is 0 Å². The number of carbonyl (C=O) groups is 1. The van der Waals surface area contributed by atoms with E-state index in [4.69, 9.17) is 4.74 Å². The third kappa shape index (κ3) is 3.32. The maximum absolute atomic E-state index is 11.3. The molecule has 1 atom stereocenters. The fourth-order valence-electron chi connectivity index (χ4n) is 0.931. The molecule has 0 aliphatic heterocycles. The van der Waals surface area contributed by atoms with Crippen LogP contribution in [0.2, 0.25) is 0 Å². The SMILES string of the molecule is CCCCOC(=O)C(O)c1conc1Br. The van der Waals surface area contributed by atoms with E-state index in [1.807, 2.05) is 6.92 Å². The van der Waals surface area contributed by atoms with Crippen molar-refractivity contribution < 1.29 is 19.2 Å². The molecule has 84 valence electrons. The first-order valence-electron chi connectivity index (χ1n) is 4.61. The normalized spacial score (nSPS) is 12.5. The van der Waals surface area contributed by atoms with Gasteiger partial charge in [-0.15, -0.1) is 0 Å². The van der Waals surface area contributed by atoms with Crippen LogP contribution in [0.15, 0.2) is 15.4 Å². The van der Waals surface area contributed by atoms with Gasteiger partial charge >= 0.3 is 5.97 Å². The van der Waals surface area contributed by atoms with Gasteiger partial charge in [0.05, 0.1) is 12.2 Å². The third-order valence-electron chi connectivity index (χ3n) is 1.81. The fourth-order valence-corrected chi connectivity index (χ4v) is 1.32. The molecule has 1 N–H and O–H groups in total. The molecule has 1 heterocycles. The zero-order valence-corrected chi connectivity index (χ0v) is 9.86. The van der Waals surface area contributed by atoms with E-state index in [1.54, 1.807) is 0 Å². The lowest BCUT2D eigenvalue weighted by molar-refractivity contribution is -0.154. The van der Waals surface area contributed by atoms with Crippen LogP contribution in [0.4, 0.5) is 0 Å². The number of aromatic nitrogens is 1. The lowest BCUT2D eigenvalue weighted by Crippen LogP contribution is -2.16. The van der Waals surface area contributed by atoms with Gasteiger partial charge in [-0.05, 0) is 22.4 Å². The van der Waals surface area contributed by atoms with Crippen LogP contribution in [-0.2, 0) is 9.53 Å². The van der Waals surface area contributed by atoms with Crippen LogP contribution in [0.1, 0.15) is 31.4 Å². The highest BCUT2D eigenvalue weighted by molar-refractivity contribution is 9.10. The van der Waals surface area contributed by atoms with Crippen LogP contribution in [0, 0.1) is 0 Å². The number of unbranched alkanes of at least 4 members (excludes halogenated alkanes) is 1. The Labute approximate surface area is 95.5 Å². The highest BCUT2D eigenvalue weighted by atomic mass is 79.9. The Balaban J connectivity index is 2.50. The van der Waals surface area contributed by atoms with Crippen molar-refractivity contribution in [3.05, 3.63) is 16.4 Å². The lowest BCUT2D eigenvalue weighted by Gasteiger charge is -2.08. The summed E-state index contributed by atoms with van der Waals surface area (Å²) in [5.74, 6) is -0.688. The monoisotopic (exact) mass is 277 g/mol. The van der Waals surface area contributed by atoms with Gasteiger partial charge in [0.2, 0.25) is 0 Å². The van der Waals surface area contributed by atoms with Crippen molar-refractivity contribution in [1.29, 1.82) is 0 Å². The van der Waals surface area contributed by atoms with E-state index >= 15 is 0 Å². The lowest BCUT2D eigenvalue weighted by atomic mass is 10.2. The molecule has 1 unspecified atom stereocenters. The van der Waals surface area contributed by atoms with Gasteiger partial charge in [-0.1, -0.05) is 18.5 Å². The predicted octanol–water partition coefficient (Wildman–Crippen LogP) is 1.81. The van der Waals surface area contributed by atoms with Crippen molar-refractivity contribution in [1.82, 2.24) is 5.16 Å². The predicted molar refractivity (Wildman–Crippen MR) is 55.0 cm³/mol. The number of aliphatic hydroxyl groups is 1. The number of carbonyl (C=O) groups excluding carboxylic acids is 1. The van der Waals surface area contributed by atoms with Crippen LogP contribution in [0.25, 0.3) is 0 Å². The molecule has 0 radical (unpaired) electrons. The van der Waals surface area contributed by atoms with Gasteiger partial charge in [0.15, 0.2) is 10.7 Å². The Bertz CT molecular complexity index is 326. The second kappa shape index (κ2) is 5.87. The van der Waals surface area contributed by atoms with Crippen LogP contribution in [-0.4, -0.2) is 22.8 Å². The first-order chi connectivity index (χ1) is 7.16. The van der Waals surface area contributed by atoms with Crippen molar-refractivity contribution in [3.8, 4) is 0 Å². The molecule has 0 bridgehead atoms. The topological polar surface area (TPSA) is 72.6 Å². The smallest absolute Gasteiger partial charge is 0.339 e. The van der Waals surface area contributed by atoms with E-state index in [1.165, 1.54) is 6.26 Å². The summed E-state index contributed by atoms with van der Waals surface area (Å²) in [6.07, 6.45) is 1.57. The van der Waals surface area contributed by atoms with Crippen LogP contribution in [0.3, 0.4) is 0 Å². The van der Waals surface area contributed by atoms with Crippen LogP contribution < -0.4 is 0 Å². The molecule has 6 heteroatoms. The molecule has 0 aliphatic rings. The summed E-state index contributed by atoms with van der Waals surface area (Å²) in [7, 11) is 0. The molecule has 0 saturated carbocycles. The number of ether oxygens (including phenoxy) is 1. The van der Waals surface area contributed by atoms with Gasteiger partial charge in [0, 0.05) is 0 Å². The van der Waals surface area contributed by atoms with Gasteiger partial charge in [0.25, 0.3) is 0 Å². The number of nitrogens with zero attached hydrogens (tertiary/aromatic N) is 1. The minimum Gasteiger partial charge on any atom is -0.464 e. The number of esters is 1. The van der Waals surface area contributed by atoms with E-state index < -0.39 is 12.1 Å². The molecular formula is C9H12BrNO4. The number of rotatable bonds is 5. The molecule has 1 aromatic rings. The van der Waals surface area contributed by atoms with E-state index in [-0.39, 0.29) is 5.56 Å². The maximum atomic E-state index is 11.3. The second-order valence-corrected chi connectivity index (χ2v) is 3.74. The fraction of sp³-hybridized carbons (Fsp3) is 0.556. The van der Waals surface area contributed by atoms with Gasteiger partial charge in [-0.25, -0.2) is 4.79 Å². The minimum atomic E-state index is -1.34. The second-order valence-electron chi connectivity index (χ2n) is 2.98. The van der Waals surface area contributed by atoms with Gasteiger partial charge < -0.3 is 14.4 Å². The molecular weight excluding hydrogens is 266 g/mol. The third-order valence-corrected chi connectivity index (χ3v) is 2.41. The van der Waals surface area contributed by atoms with Crippen LogP contribution >= 0.6 is 15.9 Å². The quantitative estimate of drug-likeness (QED) is 0.657. The number of aliphatic hydroxyl groups excluding tert-OH is 1. The Morgan fingerprint density at radius 3 is 3.07 bits per heavy atom. The summed E-state index contributed by atoms with van der Waals surface area (Å²) in [4.78, 5) is 11.3. The number of halogens is 1. The zero-order valence-electron chi connectivity index (χ0n) is 8.27. The first-order valence-corrected chi connectivity index (χ1v) is 5.40. The molecule has 0 saturated heterocycles. The molecule has 0 fully saturated rings. The van der Waals surface area contributed by atoms with Crippen molar-refractivity contribution in [3.63, 3.8) is 0 Å². The molecule has 1 rings (SSSR count). The highest BCUT2D eigenvalue weighted by Crippen LogP contribution is 2.22. The van der Waals surface area contributed by atoms with Gasteiger partial charge in [0.1, 0.15) is 6.26 Å². The van der Waals surface area contributed by atoms with E-state index in [0.29, 0.717) is 11.2 Å². The van der Waals surface area contributed by atoms with Crippen molar-refractivity contribution in [2.75, 3.05) is 6.61 Å². The van der Waals surface area contributed by atoms with Crippen molar-refractivity contribution in [2.24, 2.45) is 0 Å². The zero-order chi connectivity index (χ0) is 11.3. The molecule has 15 heavy (non-hydrogen) atoms. The standard InChI is InChI=1S/C9H12BrNO4/c1-2-3-4-14-9(13)7(12)6-5-15-11-8(6)10/h5,7,12H,2-4H2,1H3.